The van der Waals surface area contributed by atoms with Crippen LogP contribution in [0.15, 0.2) is 18.2 Å². The first-order valence-electron chi connectivity index (χ1n) is 7.76. The fraction of sp³-hybridized carbons (Fsp3) is 0.611. The van der Waals surface area contributed by atoms with E-state index in [0.717, 1.165) is 18.4 Å². The van der Waals surface area contributed by atoms with Gasteiger partial charge in [-0.3, -0.25) is 4.79 Å². The van der Waals surface area contributed by atoms with E-state index >= 15 is 0 Å². The van der Waals surface area contributed by atoms with E-state index in [-0.39, 0.29) is 88.8 Å². The number of rotatable bonds is 5. The molecular formula is C18H25O3Y2-. The van der Waals surface area contributed by atoms with Gasteiger partial charge in [-0.1, -0.05) is 27.7 Å². The van der Waals surface area contributed by atoms with Gasteiger partial charge in [-0.2, -0.15) is 29.8 Å². The zero-order valence-electron chi connectivity index (χ0n) is 14.6. The molecule has 3 nitrogen and oxygen atoms in total. The van der Waals surface area contributed by atoms with E-state index in [0.29, 0.717) is 13.2 Å². The second-order valence-corrected chi connectivity index (χ2v) is 6.29. The molecule has 2 rings (SSSR count). The van der Waals surface area contributed by atoms with E-state index in [1.54, 1.807) is 0 Å². The van der Waals surface area contributed by atoms with Crippen LogP contribution in [0.5, 0.6) is 0 Å². The summed E-state index contributed by atoms with van der Waals surface area (Å²) in [6, 6.07) is 9.54. The van der Waals surface area contributed by atoms with Crippen molar-refractivity contribution in [1.29, 1.82) is 0 Å². The number of ether oxygens (including phenoxy) is 2. The van der Waals surface area contributed by atoms with Crippen molar-refractivity contribution in [2.45, 2.75) is 46.1 Å². The van der Waals surface area contributed by atoms with E-state index in [9.17, 15) is 4.79 Å². The molecular weight excluding hydrogens is 442 g/mol. The number of esters is 1. The first kappa shape index (κ1) is 23.9. The van der Waals surface area contributed by atoms with Crippen molar-refractivity contribution >= 4 is 5.97 Å². The van der Waals surface area contributed by atoms with Crippen LogP contribution >= 0.6 is 0 Å². The van der Waals surface area contributed by atoms with Crippen LogP contribution in [0.1, 0.15) is 44.7 Å². The molecule has 23 heavy (non-hydrogen) atoms. The van der Waals surface area contributed by atoms with Crippen LogP contribution in [0.25, 0.3) is 0 Å². The molecule has 2 atom stereocenters. The Balaban J connectivity index is 0.00000242. The summed E-state index contributed by atoms with van der Waals surface area (Å²) >= 11 is 0. The minimum Gasteiger partial charge on any atom is -0.465 e. The molecule has 1 aromatic rings. The molecule has 1 saturated heterocycles. The summed E-state index contributed by atoms with van der Waals surface area (Å²) in [6.45, 7) is 8.99. The number of benzene rings is 1. The monoisotopic (exact) mass is 467 g/mol. The van der Waals surface area contributed by atoms with Gasteiger partial charge in [0.25, 0.3) is 0 Å². The summed E-state index contributed by atoms with van der Waals surface area (Å²) < 4.78 is 11.4. The molecule has 2 radical (unpaired) electrons. The van der Waals surface area contributed by atoms with Gasteiger partial charge in [-0.25, -0.2) is 0 Å². The predicted molar refractivity (Wildman–Crippen MR) is 81.8 cm³/mol. The molecule has 0 aliphatic carbocycles. The van der Waals surface area contributed by atoms with Gasteiger partial charge < -0.3 is 9.47 Å². The third-order valence-electron chi connectivity index (χ3n) is 4.18. The topological polar surface area (TPSA) is 35.5 Å². The van der Waals surface area contributed by atoms with Crippen LogP contribution in [-0.4, -0.2) is 19.2 Å². The molecule has 122 valence electrons. The second kappa shape index (κ2) is 10.8. The fourth-order valence-electron chi connectivity index (χ4n) is 2.75. The average Bonchev–Trinajstić information content (AvgIpc) is 2.90. The van der Waals surface area contributed by atoms with Gasteiger partial charge in [0.1, 0.15) is 0 Å². The first-order chi connectivity index (χ1) is 9.97. The van der Waals surface area contributed by atoms with Gasteiger partial charge >= 0.3 is 5.97 Å². The van der Waals surface area contributed by atoms with Crippen LogP contribution in [0.2, 0.25) is 0 Å². The maximum atomic E-state index is 11.6. The third-order valence-corrected chi connectivity index (χ3v) is 4.18. The Labute approximate surface area is 190 Å². The number of carbonyl (C=O) groups is 1. The quantitative estimate of drug-likeness (QED) is 0.491. The largest absolute Gasteiger partial charge is 0.465 e. The van der Waals surface area contributed by atoms with E-state index in [4.69, 9.17) is 9.47 Å². The first-order valence-corrected chi connectivity index (χ1v) is 7.76. The third kappa shape index (κ3) is 6.26. The van der Waals surface area contributed by atoms with Crippen LogP contribution in [-0.2, 0) is 85.3 Å². The zero-order chi connectivity index (χ0) is 15.5. The Morgan fingerprint density at radius 1 is 1.43 bits per heavy atom. The summed E-state index contributed by atoms with van der Waals surface area (Å²) in [5, 5.41) is 0. The van der Waals surface area contributed by atoms with Crippen LogP contribution in [0.3, 0.4) is 0 Å². The van der Waals surface area contributed by atoms with Crippen LogP contribution < -0.4 is 0 Å². The van der Waals surface area contributed by atoms with E-state index in [2.05, 4.69) is 32.0 Å². The summed E-state index contributed by atoms with van der Waals surface area (Å²) in [5.74, 6) is 0.0573. The fourth-order valence-corrected chi connectivity index (χ4v) is 2.75. The van der Waals surface area contributed by atoms with Crippen molar-refractivity contribution in [1.82, 2.24) is 0 Å². The summed E-state index contributed by atoms with van der Waals surface area (Å²) in [4.78, 5) is 11.6. The molecule has 1 aliphatic rings. The summed E-state index contributed by atoms with van der Waals surface area (Å²) in [6.07, 6.45) is 1.79. The summed E-state index contributed by atoms with van der Waals surface area (Å²) in [7, 11) is 0. The molecule has 0 aromatic heterocycles. The Morgan fingerprint density at radius 2 is 2.13 bits per heavy atom. The average molecular weight is 467 g/mol. The van der Waals surface area contributed by atoms with Crippen molar-refractivity contribution < 1.29 is 79.7 Å². The Kier molecular flexibility index (Phi) is 11.2. The minimum absolute atomic E-state index is 0. The van der Waals surface area contributed by atoms with Crippen molar-refractivity contribution in [3.8, 4) is 0 Å². The maximum Gasteiger partial charge on any atom is 0.308 e. The number of aryl methyl sites for hydroxylation is 1. The number of carbonyl (C=O) groups excluding carboxylic acids is 1. The molecule has 0 bridgehead atoms. The van der Waals surface area contributed by atoms with Gasteiger partial charge in [-0.05, 0) is 12.8 Å². The molecule has 1 heterocycles. The van der Waals surface area contributed by atoms with Gasteiger partial charge in [0, 0.05) is 71.3 Å². The standard InChI is InChI=1S/C18H25O3.2Y/c1-5-18(16-8-6-14(4)7-9-16)10-15(12-21-18)11-20-17(19)13(2)3;;/h6-8,13,15H,5,10-12H2,1-4H3;;/q-1;;/t15-,18?;;/m1../s1. The molecule has 5 heteroatoms. The van der Waals surface area contributed by atoms with Crippen molar-refractivity contribution in [3.05, 3.63) is 35.4 Å². The van der Waals surface area contributed by atoms with Crippen LogP contribution in [0.4, 0.5) is 0 Å². The molecule has 0 saturated carbocycles. The normalized spacial score (nSPS) is 23.1. The van der Waals surface area contributed by atoms with Crippen LogP contribution in [0, 0.1) is 24.8 Å². The predicted octanol–water partition coefficient (Wildman–Crippen LogP) is 3.63. The molecule has 0 amide bonds. The van der Waals surface area contributed by atoms with E-state index in [1.807, 2.05) is 19.9 Å². The molecule has 1 aromatic carbocycles. The van der Waals surface area contributed by atoms with Gasteiger partial charge in [0.05, 0.1) is 24.7 Å². The van der Waals surface area contributed by atoms with Gasteiger partial charge in [0.15, 0.2) is 0 Å². The molecule has 1 unspecified atom stereocenters. The molecule has 1 aliphatic heterocycles. The van der Waals surface area contributed by atoms with Gasteiger partial charge in [-0.15, -0.1) is 5.56 Å². The maximum absolute atomic E-state index is 11.6. The van der Waals surface area contributed by atoms with Gasteiger partial charge in [0.2, 0.25) is 0 Å². The molecule has 0 N–H and O–H groups in total. The van der Waals surface area contributed by atoms with Crippen molar-refractivity contribution in [3.63, 3.8) is 0 Å². The Morgan fingerprint density at radius 3 is 2.65 bits per heavy atom. The number of hydrogen-bond donors (Lipinski definition) is 0. The van der Waals surface area contributed by atoms with Crippen molar-refractivity contribution in [2.24, 2.45) is 11.8 Å². The number of hydrogen-bond acceptors (Lipinski definition) is 3. The molecule has 1 fully saturated rings. The SMILES string of the molecule is CCC1(c2[c-]cc(C)cc2)C[C@H](COC(=O)C(C)C)CO1.[Y].[Y]. The second-order valence-electron chi connectivity index (χ2n) is 6.29. The molecule has 0 spiro atoms. The summed E-state index contributed by atoms with van der Waals surface area (Å²) in [5.41, 5.74) is 2.03. The minimum atomic E-state index is -0.275. The smallest absolute Gasteiger partial charge is 0.308 e. The Hall–Kier alpha value is 0.858. The van der Waals surface area contributed by atoms with E-state index < -0.39 is 0 Å². The van der Waals surface area contributed by atoms with E-state index in [1.165, 1.54) is 5.56 Å². The zero-order valence-corrected chi connectivity index (χ0v) is 20.3. The Bertz CT molecular complexity index is 488. The van der Waals surface area contributed by atoms with Crippen molar-refractivity contribution in [2.75, 3.05) is 13.2 Å².